The van der Waals surface area contributed by atoms with E-state index in [1.54, 1.807) is 6.20 Å². The smallest absolute Gasteiger partial charge is 0.0837 e. The van der Waals surface area contributed by atoms with E-state index in [4.69, 9.17) is 11.6 Å². The van der Waals surface area contributed by atoms with E-state index in [-0.39, 0.29) is 12.1 Å². The van der Waals surface area contributed by atoms with Gasteiger partial charge >= 0.3 is 0 Å². The van der Waals surface area contributed by atoms with Gasteiger partial charge in [0.15, 0.2) is 0 Å². The van der Waals surface area contributed by atoms with Crippen LogP contribution in [0, 0.1) is 3.57 Å². The quantitative estimate of drug-likeness (QED) is 0.595. The van der Waals surface area contributed by atoms with E-state index in [2.05, 4.69) is 87.9 Å². The second kappa shape index (κ2) is 7.44. The third-order valence-corrected chi connectivity index (χ3v) is 4.99. The second-order valence-corrected chi connectivity index (χ2v) is 7.56. The van der Waals surface area contributed by atoms with Crippen LogP contribution in [0.3, 0.4) is 0 Å². The topological polar surface area (TPSA) is 29.9 Å². The van der Waals surface area contributed by atoms with Gasteiger partial charge < -0.3 is 5.32 Å². The predicted octanol–water partition coefficient (Wildman–Crippen LogP) is 5.18. The van der Waals surface area contributed by atoms with E-state index >= 15 is 0 Å². The number of hydrogen-bond donors (Lipinski definition) is 1. The average Bonchev–Trinajstić information content (AvgIpc) is 2.81. The van der Waals surface area contributed by atoms with Crippen molar-refractivity contribution < 1.29 is 0 Å². The molecule has 114 valence electrons. The Morgan fingerprint density at radius 3 is 2.76 bits per heavy atom. The Bertz CT molecular complexity index is 627. The molecule has 0 spiro atoms. The molecule has 1 aromatic heterocycles. The van der Waals surface area contributed by atoms with Crippen LogP contribution in [-0.2, 0) is 0 Å². The van der Waals surface area contributed by atoms with Crippen LogP contribution in [0.1, 0.15) is 44.1 Å². The van der Waals surface area contributed by atoms with Crippen LogP contribution < -0.4 is 5.32 Å². The van der Waals surface area contributed by atoms with Crippen molar-refractivity contribution >= 4 is 50.1 Å². The zero-order valence-corrected chi connectivity index (χ0v) is 16.7. The molecular formula is C15H18BrClIN3. The van der Waals surface area contributed by atoms with Gasteiger partial charge in [-0.15, -0.1) is 0 Å². The summed E-state index contributed by atoms with van der Waals surface area (Å²) >= 11 is 12.3. The highest BCUT2D eigenvalue weighted by atomic mass is 127. The molecule has 0 radical (unpaired) electrons. The maximum absolute atomic E-state index is 6.42. The van der Waals surface area contributed by atoms with Crippen molar-refractivity contribution in [2.75, 3.05) is 6.54 Å². The van der Waals surface area contributed by atoms with E-state index < -0.39 is 0 Å². The average molecular weight is 483 g/mol. The number of halogens is 3. The summed E-state index contributed by atoms with van der Waals surface area (Å²) < 4.78 is 4.26. The molecule has 0 fully saturated rings. The van der Waals surface area contributed by atoms with Gasteiger partial charge in [-0.25, -0.2) is 0 Å². The van der Waals surface area contributed by atoms with Crippen molar-refractivity contribution in [1.29, 1.82) is 0 Å². The first-order valence-electron chi connectivity index (χ1n) is 6.87. The van der Waals surface area contributed by atoms with Gasteiger partial charge in [0.2, 0.25) is 0 Å². The molecule has 0 saturated carbocycles. The monoisotopic (exact) mass is 481 g/mol. The first-order chi connectivity index (χ1) is 9.95. The molecule has 1 unspecified atom stereocenters. The molecule has 1 N–H and O–H groups in total. The maximum Gasteiger partial charge on any atom is 0.0837 e. The molecule has 0 amide bonds. The lowest BCUT2D eigenvalue weighted by Gasteiger charge is -2.23. The highest BCUT2D eigenvalue weighted by Crippen LogP contribution is 2.33. The molecule has 1 atom stereocenters. The van der Waals surface area contributed by atoms with Gasteiger partial charge in [-0.3, -0.25) is 4.68 Å². The molecule has 3 nitrogen and oxygen atoms in total. The number of benzene rings is 1. The van der Waals surface area contributed by atoms with Gasteiger partial charge in [-0.1, -0.05) is 34.5 Å². The molecule has 2 rings (SSSR count). The molecule has 1 aromatic carbocycles. The number of hydrogen-bond acceptors (Lipinski definition) is 2. The summed E-state index contributed by atoms with van der Waals surface area (Å²) in [6.45, 7) is 7.18. The lowest BCUT2D eigenvalue weighted by Crippen LogP contribution is -2.26. The Labute approximate surface area is 152 Å². The molecule has 2 aromatic rings. The number of nitrogens with zero attached hydrogens (tertiary/aromatic N) is 2. The molecular weight excluding hydrogens is 464 g/mol. The third-order valence-electron chi connectivity index (χ3n) is 3.23. The number of nitrogens with one attached hydrogen (secondary N) is 1. The van der Waals surface area contributed by atoms with Gasteiger partial charge in [-0.2, -0.15) is 5.10 Å². The van der Waals surface area contributed by atoms with Crippen LogP contribution in [0.15, 0.2) is 28.9 Å². The number of rotatable bonds is 5. The summed E-state index contributed by atoms with van der Waals surface area (Å²) in [4.78, 5) is 0. The normalized spacial score (nSPS) is 12.9. The van der Waals surface area contributed by atoms with E-state index in [1.807, 2.05) is 4.68 Å². The first-order valence-corrected chi connectivity index (χ1v) is 9.11. The maximum atomic E-state index is 6.42. The van der Waals surface area contributed by atoms with Crippen molar-refractivity contribution in [3.8, 4) is 0 Å². The largest absolute Gasteiger partial charge is 0.305 e. The van der Waals surface area contributed by atoms with Crippen LogP contribution in [0.2, 0.25) is 5.02 Å². The first kappa shape index (κ1) is 17.2. The third kappa shape index (κ3) is 3.81. The SMILES string of the molecule is CCNC(c1cc(Br)ccc1I)c1c(Cl)cnn1C(C)C. The van der Waals surface area contributed by atoms with Crippen molar-refractivity contribution in [2.24, 2.45) is 0 Å². The second-order valence-electron chi connectivity index (χ2n) is 5.07. The van der Waals surface area contributed by atoms with Gasteiger partial charge in [0.05, 0.1) is 23.0 Å². The van der Waals surface area contributed by atoms with Crippen LogP contribution in [0.25, 0.3) is 0 Å². The Kier molecular flexibility index (Phi) is 6.11. The van der Waals surface area contributed by atoms with E-state index in [0.29, 0.717) is 5.02 Å². The molecule has 0 saturated heterocycles. The minimum absolute atomic E-state index is 0.0248. The number of aromatic nitrogens is 2. The minimum atomic E-state index is 0.0248. The van der Waals surface area contributed by atoms with Crippen LogP contribution in [-0.4, -0.2) is 16.3 Å². The standard InChI is InChI=1S/C15H18BrClIN3/c1-4-19-14(11-7-10(16)5-6-13(11)18)15-12(17)8-20-21(15)9(2)3/h5-9,14,19H,4H2,1-3H3. The Morgan fingerprint density at radius 1 is 1.43 bits per heavy atom. The summed E-state index contributed by atoms with van der Waals surface area (Å²) in [6, 6.07) is 6.59. The highest BCUT2D eigenvalue weighted by molar-refractivity contribution is 14.1. The lowest BCUT2D eigenvalue weighted by atomic mass is 10.0. The Balaban J connectivity index is 2.59. The molecule has 0 aliphatic heterocycles. The van der Waals surface area contributed by atoms with Crippen molar-refractivity contribution in [3.63, 3.8) is 0 Å². The fourth-order valence-corrected chi connectivity index (χ4v) is 3.59. The summed E-state index contributed by atoms with van der Waals surface area (Å²) in [7, 11) is 0. The molecule has 0 aliphatic rings. The zero-order chi connectivity index (χ0) is 15.6. The molecule has 21 heavy (non-hydrogen) atoms. The van der Waals surface area contributed by atoms with Crippen molar-refractivity contribution in [1.82, 2.24) is 15.1 Å². The minimum Gasteiger partial charge on any atom is -0.305 e. The molecule has 0 bridgehead atoms. The predicted molar refractivity (Wildman–Crippen MR) is 100 cm³/mol. The van der Waals surface area contributed by atoms with Gasteiger partial charge in [0, 0.05) is 14.1 Å². The summed E-state index contributed by atoms with van der Waals surface area (Å²) in [5, 5.41) is 8.66. The lowest BCUT2D eigenvalue weighted by molar-refractivity contribution is 0.476. The van der Waals surface area contributed by atoms with E-state index in [1.165, 1.54) is 9.13 Å². The van der Waals surface area contributed by atoms with E-state index in [0.717, 1.165) is 16.7 Å². The fraction of sp³-hybridized carbons (Fsp3) is 0.400. The van der Waals surface area contributed by atoms with Gasteiger partial charge in [-0.05, 0) is 66.7 Å². The highest BCUT2D eigenvalue weighted by Gasteiger charge is 2.24. The Hall–Kier alpha value is -0.110. The summed E-state index contributed by atoms with van der Waals surface area (Å²) in [5.74, 6) is 0. The van der Waals surface area contributed by atoms with Gasteiger partial charge in [0.1, 0.15) is 0 Å². The van der Waals surface area contributed by atoms with Gasteiger partial charge in [0.25, 0.3) is 0 Å². The van der Waals surface area contributed by atoms with Crippen LogP contribution >= 0.6 is 50.1 Å². The van der Waals surface area contributed by atoms with Crippen molar-refractivity contribution in [3.05, 3.63) is 48.7 Å². The van der Waals surface area contributed by atoms with Crippen molar-refractivity contribution in [2.45, 2.75) is 32.9 Å². The molecule has 0 aliphatic carbocycles. The Morgan fingerprint density at radius 2 is 2.14 bits per heavy atom. The summed E-state index contributed by atoms with van der Waals surface area (Å²) in [5.41, 5.74) is 2.22. The fourth-order valence-electron chi connectivity index (χ4n) is 2.33. The molecule has 6 heteroatoms. The van der Waals surface area contributed by atoms with E-state index in [9.17, 15) is 0 Å². The van der Waals surface area contributed by atoms with Crippen LogP contribution in [0.5, 0.6) is 0 Å². The van der Waals surface area contributed by atoms with Crippen LogP contribution in [0.4, 0.5) is 0 Å². The summed E-state index contributed by atoms with van der Waals surface area (Å²) in [6.07, 6.45) is 1.73. The molecule has 1 heterocycles. The zero-order valence-electron chi connectivity index (χ0n) is 12.2.